The third-order valence-electron chi connectivity index (χ3n) is 6.28. The normalized spacial score (nSPS) is 14.9. The fourth-order valence-corrected chi connectivity index (χ4v) is 5.30. The lowest BCUT2D eigenvalue weighted by molar-refractivity contribution is 0.116. The van der Waals surface area contributed by atoms with Crippen molar-refractivity contribution in [3.05, 3.63) is 60.2 Å². The van der Waals surface area contributed by atoms with E-state index in [4.69, 9.17) is 4.74 Å². The fourth-order valence-electron chi connectivity index (χ4n) is 4.49. The Morgan fingerprint density at radius 1 is 1.05 bits per heavy atom. The highest BCUT2D eigenvalue weighted by Crippen LogP contribution is 2.46. The maximum Gasteiger partial charge on any atom is 0.415 e. The molecule has 1 fully saturated rings. The average molecular weight is 530 g/mol. The maximum atomic E-state index is 13.3. The molecule has 4 aromatic rings. The van der Waals surface area contributed by atoms with Crippen LogP contribution < -0.4 is 4.74 Å². The van der Waals surface area contributed by atoms with Crippen molar-refractivity contribution in [3.8, 4) is 17.4 Å². The first-order valence-corrected chi connectivity index (χ1v) is 13.2. The second-order valence-electron chi connectivity index (χ2n) is 8.85. The van der Waals surface area contributed by atoms with Gasteiger partial charge in [0.25, 0.3) is 0 Å². The molecule has 2 aromatic heterocycles. The van der Waals surface area contributed by atoms with Gasteiger partial charge in [0.2, 0.25) is 5.88 Å². The Bertz CT molecular complexity index is 1530. The molecule has 4 N–H and O–H groups in total. The first-order chi connectivity index (χ1) is 17.6. The molecule has 2 aromatic carbocycles. The van der Waals surface area contributed by atoms with Gasteiger partial charge in [-0.05, 0) is 29.8 Å². The Morgan fingerprint density at radius 3 is 2.43 bits per heavy atom. The maximum absolute atomic E-state index is 13.3. The van der Waals surface area contributed by atoms with Crippen molar-refractivity contribution < 1.29 is 38.5 Å². The molecule has 0 spiro atoms. The van der Waals surface area contributed by atoms with Crippen LogP contribution in [-0.4, -0.2) is 77.9 Å². The molecule has 13 heteroatoms. The second kappa shape index (κ2) is 9.64. The summed E-state index contributed by atoms with van der Waals surface area (Å²) in [5.74, 6) is -0.830. The minimum Gasteiger partial charge on any atom is -0.505 e. The van der Waals surface area contributed by atoms with Crippen LogP contribution in [0.25, 0.3) is 21.7 Å². The number of rotatable bonds is 5. The number of hydrogen-bond acceptors (Lipinski definition) is 7. The molecule has 11 nitrogen and oxygen atoms in total. The number of fused-ring (bicyclic) bond motifs is 2. The number of aromatic nitrogens is 2. The number of carbonyl (C=O) groups excluding carboxylic acids is 1. The Balaban J connectivity index is 1.48. The van der Waals surface area contributed by atoms with E-state index in [0.717, 1.165) is 0 Å². The number of phenolic OH excluding ortho intramolecular Hbond substituents is 1. The number of nitrogens with zero attached hydrogens (tertiary/aromatic N) is 4. The van der Waals surface area contributed by atoms with Gasteiger partial charge in [0.15, 0.2) is 11.5 Å². The minimum absolute atomic E-state index is 0.0579. The lowest BCUT2D eigenvalue weighted by Gasteiger charge is -2.33. The van der Waals surface area contributed by atoms with Crippen molar-refractivity contribution in [2.24, 2.45) is 0 Å². The highest BCUT2D eigenvalue weighted by atomic mass is 31.2. The quantitative estimate of drug-likeness (QED) is 0.286. The summed E-state index contributed by atoms with van der Waals surface area (Å²) in [6.45, 7) is 1.10. The van der Waals surface area contributed by atoms with Gasteiger partial charge >= 0.3 is 13.7 Å². The van der Waals surface area contributed by atoms with Crippen LogP contribution in [0.15, 0.2) is 48.8 Å². The number of benzene rings is 2. The molecule has 0 aliphatic carbocycles. The van der Waals surface area contributed by atoms with Crippen LogP contribution in [0, 0.1) is 5.82 Å². The second-order valence-corrected chi connectivity index (χ2v) is 10.5. The van der Waals surface area contributed by atoms with Crippen LogP contribution in [0.3, 0.4) is 0 Å². The topological polar surface area (TPSA) is 149 Å². The van der Waals surface area contributed by atoms with E-state index < -0.39 is 19.5 Å². The molecule has 0 radical (unpaired) electrons. The highest BCUT2D eigenvalue weighted by Gasteiger charge is 2.29. The molecule has 37 heavy (non-hydrogen) atoms. The Hall–Kier alpha value is -3.70. The summed E-state index contributed by atoms with van der Waals surface area (Å²) in [4.78, 5) is 38.7. The van der Waals surface area contributed by atoms with Gasteiger partial charge in [-0.1, -0.05) is 12.1 Å². The van der Waals surface area contributed by atoms with Crippen molar-refractivity contribution in [2.45, 2.75) is 6.54 Å². The third-order valence-corrected chi connectivity index (χ3v) is 7.05. The van der Waals surface area contributed by atoms with E-state index in [0.29, 0.717) is 10.9 Å². The standard InChI is InChI=1S/C24H24FN4O7P/c25-16-5-3-15(4-6-16)12-29-13-18-19(23(29)31)21(30)20-17(2-1-7-26-20)22(18)36-24(32)28-10-8-27(9-11-28)14-37(33,34)35/h1-7,13,30-31H,8-12,14H2,(H2,33,34,35). The number of halogens is 1. The van der Waals surface area contributed by atoms with Gasteiger partial charge in [0.05, 0.1) is 17.3 Å². The van der Waals surface area contributed by atoms with Gasteiger partial charge in [-0.2, -0.15) is 0 Å². The lowest BCUT2D eigenvalue weighted by atomic mass is 10.1. The number of amides is 1. The van der Waals surface area contributed by atoms with Crippen LogP contribution in [-0.2, 0) is 11.1 Å². The number of pyridine rings is 1. The van der Waals surface area contributed by atoms with Gasteiger partial charge in [0, 0.05) is 44.0 Å². The largest absolute Gasteiger partial charge is 0.505 e. The monoisotopic (exact) mass is 530 g/mol. The number of hydrogen-bond donors (Lipinski definition) is 4. The molecule has 1 saturated heterocycles. The minimum atomic E-state index is -4.21. The number of aromatic hydroxyl groups is 2. The van der Waals surface area contributed by atoms with E-state index in [9.17, 15) is 33.7 Å². The molecule has 3 heterocycles. The van der Waals surface area contributed by atoms with Crippen LogP contribution in [0.2, 0.25) is 0 Å². The summed E-state index contributed by atoms with van der Waals surface area (Å²) in [5, 5.41) is 22.6. The molecule has 1 aliphatic heterocycles. The third kappa shape index (κ3) is 5.09. The number of carbonyl (C=O) groups is 1. The van der Waals surface area contributed by atoms with Crippen molar-refractivity contribution in [1.82, 2.24) is 19.4 Å². The molecule has 0 atom stereocenters. The molecule has 0 bridgehead atoms. The number of phenols is 1. The smallest absolute Gasteiger partial charge is 0.415 e. The summed E-state index contributed by atoms with van der Waals surface area (Å²) in [7, 11) is -4.21. The SMILES string of the molecule is O=C(Oc1c2cccnc2c(O)c2c(O)n(Cc3ccc(F)cc3)cc12)N1CCN(CP(=O)(O)O)CC1. The van der Waals surface area contributed by atoms with Gasteiger partial charge in [-0.15, -0.1) is 0 Å². The predicted octanol–water partition coefficient (Wildman–Crippen LogP) is 3.04. The van der Waals surface area contributed by atoms with E-state index in [1.54, 1.807) is 35.4 Å². The van der Waals surface area contributed by atoms with Crippen molar-refractivity contribution in [3.63, 3.8) is 0 Å². The van der Waals surface area contributed by atoms with Crippen molar-refractivity contribution >= 4 is 35.4 Å². The molecule has 1 aliphatic rings. The molecule has 0 unspecified atom stereocenters. The van der Waals surface area contributed by atoms with Crippen LogP contribution in [0.5, 0.6) is 17.4 Å². The number of piperazine rings is 1. The van der Waals surface area contributed by atoms with Crippen LogP contribution in [0.1, 0.15) is 5.56 Å². The highest BCUT2D eigenvalue weighted by molar-refractivity contribution is 7.51. The molecule has 0 saturated carbocycles. The first kappa shape index (κ1) is 25.0. The summed E-state index contributed by atoms with van der Waals surface area (Å²) in [6.07, 6.45) is 1.94. The van der Waals surface area contributed by atoms with Crippen molar-refractivity contribution in [2.75, 3.05) is 32.5 Å². The zero-order chi connectivity index (χ0) is 26.3. The van der Waals surface area contributed by atoms with Crippen LogP contribution >= 0.6 is 7.60 Å². The lowest BCUT2D eigenvalue weighted by Crippen LogP contribution is -2.49. The van der Waals surface area contributed by atoms with Gasteiger partial charge < -0.3 is 34.2 Å². The van der Waals surface area contributed by atoms with E-state index in [-0.39, 0.29) is 72.7 Å². The van der Waals surface area contributed by atoms with Crippen molar-refractivity contribution in [1.29, 1.82) is 0 Å². The van der Waals surface area contributed by atoms with E-state index in [1.807, 2.05) is 0 Å². The Morgan fingerprint density at radius 2 is 1.76 bits per heavy atom. The summed E-state index contributed by atoms with van der Waals surface area (Å²) in [5.41, 5.74) is 0.838. The Labute approximate surface area is 210 Å². The molecule has 1 amide bonds. The zero-order valence-corrected chi connectivity index (χ0v) is 20.4. The van der Waals surface area contributed by atoms with Gasteiger partial charge in [-0.3, -0.25) is 14.4 Å². The average Bonchev–Trinajstić information content (AvgIpc) is 3.18. The fraction of sp³-hybridized carbons (Fsp3) is 0.250. The number of ether oxygens (including phenoxy) is 1. The van der Waals surface area contributed by atoms with Crippen LogP contribution in [0.4, 0.5) is 9.18 Å². The van der Waals surface area contributed by atoms with E-state index in [1.165, 1.54) is 27.8 Å². The van der Waals surface area contributed by atoms with Gasteiger partial charge in [-0.25, -0.2) is 9.18 Å². The zero-order valence-electron chi connectivity index (χ0n) is 19.5. The van der Waals surface area contributed by atoms with Gasteiger partial charge in [0.1, 0.15) is 17.6 Å². The molecular weight excluding hydrogens is 506 g/mol. The molecule has 194 valence electrons. The summed E-state index contributed by atoms with van der Waals surface area (Å²) >= 11 is 0. The Kier molecular flexibility index (Phi) is 6.50. The molecular formula is C24H24FN4O7P. The first-order valence-electron chi connectivity index (χ1n) is 11.4. The predicted molar refractivity (Wildman–Crippen MR) is 132 cm³/mol. The molecule has 5 rings (SSSR count). The summed E-state index contributed by atoms with van der Waals surface area (Å²) < 4.78 is 31.8. The summed E-state index contributed by atoms with van der Waals surface area (Å²) in [6, 6.07) is 9.02. The van der Waals surface area contributed by atoms with E-state index >= 15 is 0 Å². The van der Waals surface area contributed by atoms with E-state index in [2.05, 4.69) is 4.98 Å².